The van der Waals surface area contributed by atoms with Gasteiger partial charge in [-0.2, -0.15) is 0 Å². The van der Waals surface area contributed by atoms with Crippen LogP contribution in [0.15, 0.2) is 11.8 Å². The maximum Gasteiger partial charge on any atom is 0.260 e. The van der Waals surface area contributed by atoms with Crippen molar-refractivity contribution in [3.05, 3.63) is 11.8 Å². The van der Waals surface area contributed by atoms with E-state index in [1.165, 1.54) is 11.9 Å². The smallest absolute Gasteiger partial charge is 0.260 e. The third-order valence-electron chi connectivity index (χ3n) is 1.39. The van der Waals surface area contributed by atoms with Crippen molar-refractivity contribution < 1.29 is 14.7 Å². The largest absolute Gasteiger partial charge is 0.515 e. The van der Waals surface area contributed by atoms with Gasteiger partial charge in [0.15, 0.2) is 5.78 Å². The summed E-state index contributed by atoms with van der Waals surface area (Å²) in [6.45, 7) is 0.0746. The van der Waals surface area contributed by atoms with E-state index < -0.39 is 5.91 Å². The number of carbonyl (C=O) groups excluding carboxylic acids is 2. The van der Waals surface area contributed by atoms with Gasteiger partial charge in [0.25, 0.3) is 5.91 Å². The summed E-state index contributed by atoms with van der Waals surface area (Å²) in [5, 5.41) is 8.39. The fourth-order valence-electron chi connectivity index (χ4n) is 0.824. The highest BCUT2D eigenvalue weighted by atomic mass is 16.2. The van der Waals surface area contributed by atoms with E-state index in [0.717, 1.165) is 0 Å². The minimum Gasteiger partial charge on any atom is -0.515 e. The molecule has 4 nitrogen and oxygen atoms in total. The number of nitrogens with zero attached hydrogens (tertiary/aromatic N) is 1. The van der Waals surface area contributed by atoms with Gasteiger partial charge in [-0.15, -0.1) is 0 Å². The van der Waals surface area contributed by atoms with Gasteiger partial charge in [0.05, 0.1) is 12.8 Å². The van der Waals surface area contributed by atoms with Gasteiger partial charge in [-0.1, -0.05) is 0 Å². The van der Waals surface area contributed by atoms with Crippen LogP contribution < -0.4 is 0 Å². The number of Topliss-reactive ketones (excluding diaryl/α,β-unsaturated/α-hetero) is 1. The molecule has 0 aromatic carbocycles. The quantitative estimate of drug-likeness (QED) is 0.280. The van der Waals surface area contributed by atoms with E-state index >= 15 is 0 Å². The van der Waals surface area contributed by atoms with Crippen molar-refractivity contribution in [2.45, 2.75) is 0 Å². The third kappa shape index (κ3) is 0.775. The Bertz CT molecular complexity index is 219. The fourth-order valence-corrected chi connectivity index (χ4v) is 0.824. The molecule has 0 atom stereocenters. The van der Waals surface area contributed by atoms with E-state index in [1.54, 1.807) is 0 Å². The predicted octanol–water partition coefficient (Wildman–Crippen LogP) is -0.531. The molecule has 54 valence electrons. The normalized spacial score (nSPS) is 22.9. The molecule has 4 heteroatoms. The molecule has 1 N–H and O–H groups in total. The summed E-state index contributed by atoms with van der Waals surface area (Å²) in [5.41, 5.74) is -0.123. The summed E-state index contributed by atoms with van der Waals surface area (Å²) in [6.07, 6.45) is 0.564. The van der Waals surface area contributed by atoms with Gasteiger partial charge < -0.3 is 10.0 Å². The van der Waals surface area contributed by atoms with Crippen LogP contribution in [0.1, 0.15) is 0 Å². The Morgan fingerprint density at radius 1 is 1.60 bits per heavy atom. The van der Waals surface area contributed by atoms with Crippen molar-refractivity contribution in [3.63, 3.8) is 0 Å². The average molecular weight is 141 g/mol. The summed E-state index contributed by atoms with van der Waals surface area (Å²) in [4.78, 5) is 22.8. The van der Waals surface area contributed by atoms with Crippen LogP contribution in [0.3, 0.4) is 0 Å². The first-order valence-electron chi connectivity index (χ1n) is 2.80. The third-order valence-corrected chi connectivity index (χ3v) is 1.39. The van der Waals surface area contributed by atoms with Gasteiger partial charge in [-0.3, -0.25) is 9.59 Å². The molecule has 0 radical (unpaired) electrons. The molecule has 1 saturated heterocycles. The molecular weight excluding hydrogens is 134 g/mol. The van der Waals surface area contributed by atoms with Crippen LogP contribution >= 0.6 is 0 Å². The van der Waals surface area contributed by atoms with E-state index in [-0.39, 0.29) is 17.9 Å². The Morgan fingerprint density at radius 2 is 2.20 bits per heavy atom. The van der Waals surface area contributed by atoms with Crippen LogP contribution in [-0.4, -0.2) is 35.3 Å². The zero-order chi connectivity index (χ0) is 7.72. The summed E-state index contributed by atoms with van der Waals surface area (Å²) in [6, 6.07) is 0. The maximum atomic E-state index is 10.8. The molecule has 0 spiro atoms. The maximum absolute atomic E-state index is 10.8. The number of ketones is 1. The van der Waals surface area contributed by atoms with E-state index in [4.69, 9.17) is 5.11 Å². The molecule has 0 bridgehead atoms. The zero-order valence-corrected chi connectivity index (χ0v) is 5.50. The summed E-state index contributed by atoms with van der Waals surface area (Å²) in [7, 11) is 1.51. The molecule has 1 fully saturated rings. The standard InChI is InChI=1S/C6H7NO3/c1-7-2-5(9)4(3-8)6(7)10/h3,8H,2H2,1H3/b4-3-. The van der Waals surface area contributed by atoms with Crippen molar-refractivity contribution in [1.82, 2.24) is 4.90 Å². The van der Waals surface area contributed by atoms with Crippen molar-refractivity contribution in [2.24, 2.45) is 0 Å². The Balaban J connectivity index is 2.96. The van der Waals surface area contributed by atoms with Crippen molar-refractivity contribution in [2.75, 3.05) is 13.6 Å². The highest BCUT2D eigenvalue weighted by molar-refractivity contribution is 6.24. The number of amides is 1. The number of rotatable bonds is 0. The van der Waals surface area contributed by atoms with Crippen LogP contribution in [0.2, 0.25) is 0 Å². The summed E-state index contributed by atoms with van der Waals surface area (Å²) in [5.74, 6) is -0.734. The highest BCUT2D eigenvalue weighted by Gasteiger charge is 2.30. The van der Waals surface area contributed by atoms with Crippen LogP contribution in [-0.2, 0) is 9.59 Å². The average Bonchev–Trinajstić information content (AvgIpc) is 2.09. The molecule has 1 aliphatic rings. The second-order valence-corrected chi connectivity index (χ2v) is 2.13. The van der Waals surface area contributed by atoms with Crippen LogP contribution in [0, 0.1) is 0 Å². The van der Waals surface area contributed by atoms with E-state index in [0.29, 0.717) is 6.26 Å². The van der Waals surface area contributed by atoms with Crippen LogP contribution in [0.5, 0.6) is 0 Å². The lowest BCUT2D eigenvalue weighted by Gasteiger charge is -2.01. The number of aliphatic hydroxyl groups is 1. The first-order chi connectivity index (χ1) is 4.66. The molecule has 1 aliphatic heterocycles. The number of likely N-dealkylation sites (N-methyl/N-ethyl adjacent to an activating group) is 1. The lowest BCUT2D eigenvalue weighted by Crippen LogP contribution is -2.19. The van der Waals surface area contributed by atoms with Crippen molar-refractivity contribution in [1.29, 1.82) is 0 Å². The number of likely N-dealkylation sites (tertiary alicyclic amines) is 1. The molecule has 1 heterocycles. The summed E-state index contributed by atoms with van der Waals surface area (Å²) < 4.78 is 0. The van der Waals surface area contributed by atoms with Gasteiger partial charge in [0.2, 0.25) is 0 Å². The SMILES string of the molecule is CN1CC(=O)/C(=C/O)C1=O. The highest BCUT2D eigenvalue weighted by Crippen LogP contribution is 2.09. The topological polar surface area (TPSA) is 57.6 Å². The fraction of sp³-hybridized carbons (Fsp3) is 0.333. The van der Waals surface area contributed by atoms with Gasteiger partial charge in [0.1, 0.15) is 5.57 Å². The second kappa shape index (κ2) is 2.13. The Hall–Kier alpha value is -1.32. The molecule has 0 aromatic heterocycles. The van der Waals surface area contributed by atoms with Crippen LogP contribution in [0.4, 0.5) is 0 Å². The number of aliphatic hydroxyl groups excluding tert-OH is 1. The van der Waals surface area contributed by atoms with Gasteiger partial charge in [-0.05, 0) is 0 Å². The molecule has 0 saturated carbocycles. The predicted molar refractivity (Wildman–Crippen MR) is 33.4 cm³/mol. The van der Waals surface area contributed by atoms with Gasteiger partial charge in [0, 0.05) is 7.05 Å². The molecular formula is C6H7NO3. The lowest BCUT2D eigenvalue weighted by atomic mass is 10.2. The Labute approximate surface area is 57.7 Å². The second-order valence-electron chi connectivity index (χ2n) is 2.13. The molecule has 0 unspecified atom stereocenters. The zero-order valence-electron chi connectivity index (χ0n) is 5.50. The van der Waals surface area contributed by atoms with Crippen LogP contribution in [0.25, 0.3) is 0 Å². The first-order valence-corrected chi connectivity index (χ1v) is 2.80. The Kier molecular flexibility index (Phi) is 1.45. The molecule has 0 aliphatic carbocycles. The number of carbonyl (C=O) groups is 2. The number of hydrogen-bond donors (Lipinski definition) is 1. The monoisotopic (exact) mass is 141 g/mol. The summed E-state index contributed by atoms with van der Waals surface area (Å²) >= 11 is 0. The first kappa shape index (κ1) is 6.80. The van der Waals surface area contributed by atoms with Gasteiger partial charge in [-0.25, -0.2) is 0 Å². The van der Waals surface area contributed by atoms with E-state index in [2.05, 4.69) is 0 Å². The minimum atomic E-state index is -0.410. The van der Waals surface area contributed by atoms with Crippen molar-refractivity contribution >= 4 is 11.7 Å². The number of hydrogen-bond acceptors (Lipinski definition) is 3. The Morgan fingerprint density at radius 3 is 2.40 bits per heavy atom. The van der Waals surface area contributed by atoms with E-state index in [9.17, 15) is 9.59 Å². The molecule has 10 heavy (non-hydrogen) atoms. The van der Waals surface area contributed by atoms with E-state index in [1.807, 2.05) is 0 Å². The lowest BCUT2D eigenvalue weighted by molar-refractivity contribution is -0.123. The molecule has 1 amide bonds. The minimum absolute atomic E-state index is 0.0746. The molecule has 0 aromatic rings. The van der Waals surface area contributed by atoms with Crippen molar-refractivity contribution in [3.8, 4) is 0 Å². The molecule has 1 rings (SSSR count). The van der Waals surface area contributed by atoms with Gasteiger partial charge >= 0.3 is 0 Å².